The van der Waals surface area contributed by atoms with Crippen molar-refractivity contribution in [3.05, 3.63) is 65.0 Å². The van der Waals surface area contributed by atoms with Crippen LogP contribution in [-0.2, 0) is 28.6 Å². The Morgan fingerprint density at radius 3 is 2.41 bits per heavy atom. The molecule has 0 aliphatic carbocycles. The number of rotatable bonds is 11. The number of aliphatic imine (C=N–C) groups is 1. The number of sulfone groups is 1. The number of nitrogens with zero attached hydrogens (tertiary/aromatic N) is 1. The van der Waals surface area contributed by atoms with Crippen LogP contribution in [-0.4, -0.2) is 40.8 Å². The van der Waals surface area contributed by atoms with E-state index in [1.807, 2.05) is 19.1 Å². The summed E-state index contributed by atoms with van der Waals surface area (Å²) in [5.74, 6) is 0.948. The number of hydrogen-bond acceptors (Lipinski definition) is 4. The zero-order valence-corrected chi connectivity index (χ0v) is 22.0. The SMILES string of the molecule is CCNC(=NCc1cc(F)ccc1CS(C)(=O)=O)NCCCCc1ccc(OC)cc1.I. The molecule has 6 nitrogen and oxygen atoms in total. The molecule has 0 aliphatic rings. The first-order valence-corrected chi connectivity index (χ1v) is 12.5. The molecule has 178 valence electrons. The number of nitrogens with one attached hydrogen (secondary N) is 2. The molecule has 2 rings (SSSR count). The summed E-state index contributed by atoms with van der Waals surface area (Å²) in [6, 6.07) is 12.2. The molecule has 0 atom stereocenters. The molecule has 0 amide bonds. The summed E-state index contributed by atoms with van der Waals surface area (Å²) in [6.45, 7) is 3.61. The maximum atomic E-state index is 13.7. The van der Waals surface area contributed by atoms with Crippen LogP contribution in [0.5, 0.6) is 5.75 Å². The molecule has 2 N–H and O–H groups in total. The number of halogens is 2. The van der Waals surface area contributed by atoms with Gasteiger partial charge in [-0.15, -0.1) is 24.0 Å². The Labute approximate surface area is 208 Å². The van der Waals surface area contributed by atoms with Gasteiger partial charge in [0.2, 0.25) is 0 Å². The third kappa shape index (κ3) is 10.6. The fourth-order valence-corrected chi connectivity index (χ4v) is 3.97. The predicted molar refractivity (Wildman–Crippen MR) is 139 cm³/mol. The normalized spacial score (nSPS) is 11.6. The first-order chi connectivity index (χ1) is 14.8. The molecule has 2 aromatic carbocycles. The molecule has 0 saturated carbocycles. The maximum absolute atomic E-state index is 13.7. The van der Waals surface area contributed by atoms with Crippen molar-refractivity contribution in [3.63, 3.8) is 0 Å². The summed E-state index contributed by atoms with van der Waals surface area (Å²) in [5.41, 5.74) is 2.41. The van der Waals surface area contributed by atoms with Crippen LogP contribution in [0.1, 0.15) is 36.5 Å². The van der Waals surface area contributed by atoms with Crippen molar-refractivity contribution in [2.24, 2.45) is 4.99 Å². The van der Waals surface area contributed by atoms with E-state index in [-0.39, 0.29) is 36.3 Å². The van der Waals surface area contributed by atoms with Crippen molar-refractivity contribution in [2.75, 3.05) is 26.5 Å². The molecule has 0 fully saturated rings. The third-order valence-corrected chi connectivity index (χ3v) is 5.52. The van der Waals surface area contributed by atoms with Crippen LogP contribution in [0.2, 0.25) is 0 Å². The van der Waals surface area contributed by atoms with E-state index in [0.717, 1.165) is 31.6 Å². The number of aryl methyl sites for hydroxylation is 1. The minimum atomic E-state index is -3.22. The van der Waals surface area contributed by atoms with Gasteiger partial charge in [-0.2, -0.15) is 0 Å². The van der Waals surface area contributed by atoms with E-state index >= 15 is 0 Å². The molecule has 9 heteroatoms. The molecule has 0 unspecified atom stereocenters. The van der Waals surface area contributed by atoms with Crippen LogP contribution < -0.4 is 15.4 Å². The van der Waals surface area contributed by atoms with Crippen LogP contribution >= 0.6 is 24.0 Å². The minimum absolute atomic E-state index is 0. The van der Waals surface area contributed by atoms with Crippen molar-refractivity contribution in [3.8, 4) is 5.75 Å². The van der Waals surface area contributed by atoms with Gasteiger partial charge in [0, 0.05) is 19.3 Å². The van der Waals surface area contributed by atoms with E-state index in [9.17, 15) is 12.8 Å². The molecular weight excluding hydrogens is 544 g/mol. The molecule has 0 spiro atoms. The highest BCUT2D eigenvalue weighted by Crippen LogP contribution is 2.16. The first-order valence-electron chi connectivity index (χ1n) is 10.4. The van der Waals surface area contributed by atoms with E-state index in [0.29, 0.717) is 23.6 Å². The number of benzene rings is 2. The lowest BCUT2D eigenvalue weighted by Crippen LogP contribution is -2.37. The number of hydrogen-bond donors (Lipinski definition) is 2. The summed E-state index contributed by atoms with van der Waals surface area (Å²) >= 11 is 0. The molecule has 32 heavy (non-hydrogen) atoms. The van der Waals surface area contributed by atoms with Gasteiger partial charge in [0.1, 0.15) is 11.6 Å². The number of ether oxygens (including phenoxy) is 1. The Balaban J connectivity index is 0.00000512. The fraction of sp³-hybridized carbons (Fsp3) is 0.435. The lowest BCUT2D eigenvalue weighted by molar-refractivity contribution is 0.414. The van der Waals surface area contributed by atoms with Gasteiger partial charge in [0.05, 0.1) is 19.4 Å². The van der Waals surface area contributed by atoms with E-state index in [4.69, 9.17) is 4.74 Å². The lowest BCUT2D eigenvalue weighted by Gasteiger charge is -2.12. The van der Waals surface area contributed by atoms with Gasteiger partial charge in [-0.3, -0.25) is 0 Å². The Kier molecular flexibility index (Phi) is 12.6. The minimum Gasteiger partial charge on any atom is -0.497 e. The number of unbranched alkanes of at least 4 members (excludes halogenated alkanes) is 1. The van der Waals surface area contributed by atoms with Crippen molar-refractivity contribution in [1.29, 1.82) is 0 Å². The molecule has 0 radical (unpaired) electrons. The van der Waals surface area contributed by atoms with Crippen LogP contribution in [0.25, 0.3) is 0 Å². The second kappa shape index (κ2) is 14.3. The van der Waals surface area contributed by atoms with Crippen molar-refractivity contribution in [2.45, 2.75) is 38.5 Å². The molecular formula is C23H33FIN3O3S. The van der Waals surface area contributed by atoms with Gasteiger partial charge < -0.3 is 15.4 Å². The smallest absolute Gasteiger partial charge is 0.191 e. The second-order valence-electron chi connectivity index (χ2n) is 7.41. The highest BCUT2D eigenvalue weighted by molar-refractivity contribution is 14.0. The van der Waals surface area contributed by atoms with Crippen LogP contribution in [0.3, 0.4) is 0 Å². The van der Waals surface area contributed by atoms with Crippen molar-refractivity contribution < 1.29 is 17.5 Å². The third-order valence-electron chi connectivity index (χ3n) is 4.68. The second-order valence-corrected chi connectivity index (χ2v) is 9.55. The highest BCUT2D eigenvalue weighted by atomic mass is 127. The van der Waals surface area contributed by atoms with Crippen LogP contribution in [0.4, 0.5) is 4.39 Å². The average Bonchev–Trinajstić information content (AvgIpc) is 2.73. The zero-order valence-electron chi connectivity index (χ0n) is 18.9. The van der Waals surface area contributed by atoms with Crippen molar-refractivity contribution >= 4 is 39.8 Å². The number of guanidine groups is 1. The quantitative estimate of drug-likeness (QED) is 0.182. The van der Waals surface area contributed by atoms with Gasteiger partial charge in [-0.1, -0.05) is 18.2 Å². The monoisotopic (exact) mass is 577 g/mol. The predicted octanol–water partition coefficient (Wildman–Crippen LogP) is 4.07. The molecule has 0 aliphatic heterocycles. The Morgan fingerprint density at radius 2 is 1.78 bits per heavy atom. The molecule has 0 aromatic heterocycles. The van der Waals surface area contributed by atoms with Crippen LogP contribution in [0.15, 0.2) is 47.5 Å². The van der Waals surface area contributed by atoms with Gasteiger partial charge in [0.25, 0.3) is 0 Å². The van der Waals surface area contributed by atoms with E-state index < -0.39 is 15.7 Å². The lowest BCUT2D eigenvalue weighted by atomic mass is 10.1. The molecule has 0 heterocycles. The van der Waals surface area contributed by atoms with Gasteiger partial charge in [0.15, 0.2) is 15.8 Å². The van der Waals surface area contributed by atoms with E-state index in [1.165, 1.54) is 30.0 Å². The summed E-state index contributed by atoms with van der Waals surface area (Å²) in [5, 5.41) is 6.45. The van der Waals surface area contributed by atoms with Gasteiger partial charge in [-0.25, -0.2) is 17.8 Å². The Bertz CT molecular complexity index is 967. The molecule has 0 bridgehead atoms. The zero-order chi connectivity index (χ0) is 22.7. The van der Waals surface area contributed by atoms with Gasteiger partial charge in [-0.05, 0) is 67.1 Å². The number of methoxy groups -OCH3 is 1. The summed E-state index contributed by atoms with van der Waals surface area (Å²) in [4.78, 5) is 4.51. The largest absolute Gasteiger partial charge is 0.497 e. The molecule has 0 saturated heterocycles. The van der Waals surface area contributed by atoms with Gasteiger partial charge >= 0.3 is 0 Å². The average molecular weight is 578 g/mol. The van der Waals surface area contributed by atoms with Crippen molar-refractivity contribution in [1.82, 2.24) is 10.6 Å². The Hall–Kier alpha value is -1.88. The Morgan fingerprint density at radius 1 is 1.06 bits per heavy atom. The summed E-state index contributed by atoms with van der Waals surface area (Å²) in [6.07, 6.45) is 4.15. The fourth-order valence-electron chi connectivity index (χ4n) is 3.12. The maximum Gasteiger partial charge on any atom is 0.191 e. The standard InChI is InChI=1S/C23H32FN3O3S.HI/c1-4-25-23(26-14-6-5-7-18-8-12-22(30-2)13-9-18)27-16-20-15-21(24)11-10-19(20)17-31(3,28)29;/h8-13,15H,4-7,14,16-17H2,1-3H3,(H2,25,26,27);1H. The summed E-state index contributed by atoms with van der Waals surface area (Å²) < 4.78 is 42.2. The highest BCUT2D eigenvalue weighted by Gasteiger charge is 2.11. The van der Waals surface area contributed by atoms with Crippen LogP contribution in [0, 0.1) is 5.82 Å². The first kappa shape index (κ1) is 28.2. The van der Waals surface area contributed by atoms with E-state index in [2.05, 4.69) is 27.8 Å². The molecule has 2 aromatic rings. The topological polar surface area (TPSA) is 79.8 Å². The summed E-state index contributed by atoms with van der Waals surface area (Å²) in [7, 11) is -1.56. The van der Waals surface area contributed by atoms with E-state index in [1.54, 1.807) is 7.11 Å².